The minimum absolute atomic E-state index is 0.0953. The fourth-order valence-electron chi connectivity index (χ4n) is 0.994. The first-order valence-electron chi connectivity index (χ1n) is 4.52. The van der Waals surface area contributed by atoms with Crippen molar-refractivity contribution in [3.63, 3.8) is 0 Å². The van der Waals surface area contributed by atoms with Crippen LogP contribution in [0, 0.1) is 0 Å². The lowest BCUT2D eigenvalue weighted by molar-refractivity contribution is -0.137. The molecule has 1 atom stereocenters. The average molecular weight is 290 g/mol. The first-order valence-corrected chi connectivity index (χ1v) is 4.95. The first-order chi connectivity index (χ1) is 8.10. The van der Waals surface area contributed by atoms with Gasteiger partial charge in [-0.1, -0.05) is 23.7 Å². The average Bonchev–Trinajstić information content (AvgIpc) is 2.24. The van der Waals surface area contributed by atoms with Gasteiger partial charge in [-0.3, -0.25) is 4.99 Å². The van der Waals surface area contributed by atoms with E-state index in [9.17, 15) is 26.3 Å². The van der Waals surface area contributed by atoms with Gasteiger partial charge in [0.25, 0.3) is 0 Å². The summed E-state index contributed by atoms with van der Waals surface area (Å²) in [4.78, 5) is 2.99. The third kappa shape index (κ3) is 4.21. The lowest BCUT2D eigenvalue weighted by Crippen LogP contribution is -2.21. The van der Waals surface area contributed by atoms with E-state index in [2.05, 4.69) is 4.99 Å². The zero-order valence-corrected chi connectivity index (χ0v) is 9.31. The zero-order valence-electron chi connectivity index (χ0n) is 8.56. The topological polar surface area (TPSA) is 12.4 Å². The Labute approximate surface area is 103 Å². The summed E-state index contributed by atoms with van der Waals surface area (Å²) in [7, 11) is 0. The smallest absolute Gasteiger partial charge is 0.264 e. The van der Waals surface area contributed by atoms with Crippen LogP contribution in [0.1, 0.15) is 11.1 Å². The van der Waals surface area contributed by atoms with Crippen LogP contribution in [0.3, 0.4) is 0 Å². The third-order valence-electron chi connectivity index (χ3n) is 1.86. The minimum Gasteiger partial charge on any atom is -0.264 e. The number of benzene rings is 1. The highest BCUT2D eigenvalue weighted by Crippen LogP contribution is 2.29. The normalized spacial score (nSPS) is 15.1. The summed E-state index contributed by atoms with van der Waals surface area (Å²) < 4.78 is 72.5. The fraction of sp³-hybridized carbons (Fsp3) is 0.300. The summed E-state index contributed by atoms with van der Waals surface area (Å²) in [6.07, 6.45) is -8.41. The number of nitrogens with zero attached hydrogens (tertiary/aromatic N) is 1. The van der Waals surface area contributed by atoms with Crippen LogP contribution in [0.25, 0.3) is 0 Å². The monoisotopic (exact) mass is 289 g/mol. The van der Waals surface area contributed by atoms with E-state index >= 15 is 0 Å². The molecule has 8 heteroatoms. The van der Waals surface area contributed by atoms with Gasteiger partial charge in [0, 0.05) is 6.21 Å². The molecular weight excluding hydrogens is 284 g/mol. The van der Waals surface area contributed by atoms with Crippen molar-refractivity contribution < 1.29 is 26.3 Å². The predicted molar refractivity (Wildman–Crippen MR) is 54.7 cm³/mol. The molecule has 0 saturated heterocycles. The van der Waals surface area contributed by atoms with Crippen molar-refractivity contribution in [2.45, 2.75) is 17.9 Å². The Balaban J connectivity index is 2.79. The minimum atomic E-state index is -4.69. The SMILES string of the molecule is FC(F)(F)c1ccc(C=NC(Cl)C(F)(F)F)cc1. The van der Waals surface area contributed by atoms with Crippen molar-refractivity contribution in [1.82, 2.24) is 0 Å². The Kier molecular flexibility index (Phi) is 4.26. The molecular formula is C10H6ClF6N. The van der Waals surface area contributed by atoms with Crippen LogP contribution in [-0.2, 0) is 6.18 Å². The molecule has 0 heterocycles. The van der Waals surface area contributed by atoms with E-state index in [4.69, 9.17) is 11.6 Å². The van der Waals surface area contributed by atoms with Crippen molar-refractivity contribution in [2.75, 3.05) is 0 Å². The molecule has 0 fully saturated rings. The molecule has 18 heavy (non-hydrogen) atoms. The largest absolute Gasteiger partial charge is 0.424 e. The molecule has 0 aliphatic rings. The molecule has 1 unspecified atom stereocenters. The number of aliphatic imine (C=N–C) groups is 1. The molecule has 0 amide bonds. The van der Waals surface area contributed by atoms with Crippen molar-refractivity contribution in [1.29, 1.82) is 0 Å². The van der Waals surface area contributed by atoms with Crippen LogP contribution in [0.15, 0.2) is 29.3 Å². The summed E-state index contributed by atoms with van der Waals surface area (Å²) in [5, 5.41) is 0. The molecule has 0 saturated carbocycles. The molecule has 0 aliphatic heterocycles. The maximum absolute atomic E-state index is 12.2. The van der Waals surface area contributed by atoms with Gasteiger partial charge in [0.05, 0.1) is 5.56 Å². The molecule has 1 aromatic rings. The van der Waals surface area contributed by atoms with E-state index in [1.807, 2.05) is 0 Å². The molecule has 0 radical (unpaired) electrons. The number of hydrogen-bond acceptors (Lipinski definition) is 1. The Morgan fingerprint density at radius 1 is 1.00 bits per heavy atom. The highest BCUT2D eigenvalue weighted by atomic mass is 35.5. The summed E-state index contributed by atoms with van der Waals surface area (Å²) in [5.41, 5.74) is -3.21. The molecule has 100 valence electrons. The third-order valence-corrected chi connectivity index (χ3v) is 2.22. The van der Waals surface area contributed by atoms with Gasteiger partial charge in [0.2, 0.25) is 5.50 Å². The summed E-state index contributed by atoms with van der Waals surface area (Å²) in [6.45, 7) is 0. The maximum Gasteiger partial charge on any atom is 0.424 e. The van der Waals surface area contributed by atoms with Gasteiger partial charge in [0.1, 0.15) is 0 Å². The quantitative estimate of drug-likeness (QED) is 0.334. The fourth-order valence-corrected chi connectivity index (χ4v) is 1.05. The van der Waals surface area contributed by atoms with Gasteiger partial charge in [-0.05, 0) is 17.7 Å². The van der Waals surface area contributed by atoms with Crippen LogP contribution in [-0.4, -0.2) is 17.9 Å². The molecule has 0 aromatic heterocycles. The van der Waals surface area contributed by atoms with Crippen LogP contribution in [0.2, 0.25) is 0 Å². The maximum atomic E-state index is 12.2. The Morgan fingerprint density at radius 3 is 1.89 bits per heavy atom. The predicted octanol–water partition coefficient (Wildman–Crippen LogP) is 4.25. The second-order valence-electron chi connectivity index (χ2n) is 3.28. The highest BCUT2D eigenvalue weighted by Gasteiger charge is 2.37. The summed E-state index contributed by atoms with van der Waals surface area (Å²) in [5.74, 6) is 0. The second kappa shape index (κ2) is 5.17. The lowest BCUT2D eigenvalue weighted by Gasteiger charge is -2.08. The summed E-state index contributed by atoms with van der Waals surface area (Å²) in [6, 6.07) is 3.51. The van der Waals surface area contributed by atoms with Crippen molar-refractivity contribution >= 4 is 17.8 Å². The van der Waals surface area contributed by atoms with Crippen LogP contribution < -0.4 is 0 Å². The number of rotatable bonds is 2. The van der Waals surface area contributed by atoms with E-state index < -0.39 is 23.4 Å². The molecule has 0 aliphatic carbocycles. The van der Waals surface area contributed by atoms with Gasteiger partial charge >= 0.3 is 12.4 Å². The van der Waals surface area contributed by atoms with E-state index in [-0.39, 0.29) is 5.56 Å². The van der Waals surface area contributed by atoms with Gasteiger partial charge in [-0.25, -0.2) is 0 Å². The van der Waals surface area contributed by atoms with E-state index in [1.54, 1.807) is 0 Å². The number of alkyl halides is 7. The van der Waals surface area contributed by atoms with Gasteiger partial charge in [-0.15, -0.1) is 0 Å². The highest BCUT2D eigenvalue weighted by molar-refractivity contribution is 6.21. The number of halogens is 7. The van der Waals surface area contributed by atoms with E-state index in [0.717, 1.165) is 30.5 Å². The van der Waals surface area contributed by atoms with Crippen molar-refractivity contribution in [3.05, 3.63) is 35.4 Å². The van der Waals surface area contributed by atoms with Crippen LogP contribution in [0.4, 0.5) is 26.3 Å². The Morgan fingerprint density at radius 2 is 1.50 bits per heavy atom. The first kappa shape index (κ1) is 14.8. The van der Waals surface area contributed by atoms with Gasteiger partial charge in [-0.2, -0.15) is 26.3 Å². The summed E-state index contributed by atoms with van der Waals surface area (Å²) >= 11 is 4.91. The standard InChI is InChI=1S/C10H6ClF6N/c11-8(10(15,16)17)18-5-6-1-3-7(4-2-6)9(12,13)14/h1-5,8H. The van der Waals surface area contributed by atoms with Gasteiger partial charge in [0.15, 0.2) is 0 Å². The molecule has 0 spiro atoms. The van der Waals surface area contributed by atoms with E-state index in [1.165, 1.54) is 0 Å². The Hall–Kier alpha value is -1.24. The molecule has 1 nitrogen and oxygen atoms in total. The zero-order chi connectivity index (χ0) is 14.0. The molecule has 0 bridgehead atoms. The molecule has 0 N–H and O–H groups in total. The van der Waals surface area contributed by atoms with Crippen molar-refractivity contribution in [3.8, 4) is 0 Å². The van der Waals surface area contributed by atoms with Gasteiger partial charge < -0.3 is 0 Å². The lowest BCUT2D eigenvalue weighted by atomic mass is 10.1. The number of hydrogen-bond donors (Lipinski definition) is 0. The molecule has 1 rings (SSSR count). The van der Waals surface area contributed by atoms with E-state index in [0.29, 0.717) is 0 Å². The van der Waals surface area contributed by atoms with Crippen LogP contribution in [0.5, 0.6) is 0 Å². The Bertz CT molecular complexity index is 419. The second-order valence-corrected chi connectivity index (χ2v) is 3.69. The molecule has 1 aromatic carbocycles. The van der Waals surface area contributed by atoms with Crippen LogP contribution >= 0.6 is 11.6 Å². The van der Waals surface area contributed by atoms with Crippen molar-refractivity contribution in [2.24, 2.45) is 4.99 Å².